The van der Waals surface area contributed by atoms with Crippen molar-refractivity contribution in [3.05, 3.63) is 104 Å². The zero-order valence-corrected chi connectivity index (χ0v) is 35.2. The number of nitrogens with zero attached hydrogens (tertiary/aromatic N) is 7. The van der Waals surface area contributed by atoms with Crippen molar-refractivity contribution in [2.75, 3.05) is 36.4 Å². The fourth-order valence-corrected chi connectivity index (χ4v) is 8.50. The summed E-state index contributed by atoms with van der Waals surface area (Å²) in [6.45, 7) is 15.9. The lowest BCUT2D eigenvalue weighted by atomic mass is 9.86. The monoisotopic (exact) mass is 803 g/mol. The Morgan fingerprint density at radius 1 is 0.932 bits per heavy atom. The van der Waals surface area contributed by atoms with Crippen LogP contribution in [0, 0.1) is 19.3 Å². The van der Waals surface area contributed by atoms with Crippen LogP contribution in [0.2, 0.25) is 0 Å². The number of hydrogen-bond donors (Lipinski definition) is 5. The highest BCUT2D eigenvalue weighted by Gasteiger charge is 2.45. The van der Waals surface area contributed by atoms with Crippen molar-refractivity contribution in [2.24, 2.45) is 16.4 Å². The molecule has 312 valence electrons. The fraction of sp³-hybridized carbons (Fsp3) is 0.455. The number of H-pyrrole nitrogens is 2. The molecule has 1 amide bonds. The molecule has 2 aromatic carbocycles. The van der Waals surface area contributed by atoms with Crippen molar-refractivity contribution >= 4 is 34.2 Å². The number of anilines is 2. The van der Waals surface area contributed by atoms with Crippen molar-refractivity contribution in [3.63, 3.8) is 0 Å². The van der Waals surface area contributed by atoms with Gasteiger partial charge in [-0.15, -0.1) is 0 Å². The number of fused-ring (bicyclic) bond motifs is 1. The summed E-state index contributed by atoms with van der Waals surface area (Å²) in [7, 11) is 0. The van der Waals surface area contributed by atoms with E-state index in [9.17, 15) is 19.5 Å². The first kappa shape index (κ1) is 41.2. The van der Waals surface area contributed by atoms with Crippen LogP contribution in [0.3, 0.4) is 0 Å². The number of rotatable bonds is 9. The SMILES string of the molecule is Cc1ccc2[nH]c(=O)c(C(/C(=N/N)N(C3CCCCC3)C(C)(C)c3cc(NC(=O)C(C)(C)C)n(-c4nc(C)cc(=O)[nH]4)n3)N3CCN(c4ccc(O)cc4)CC3)cc2c1. The first-order chi connectivity index (χ1) is 28.0. The van der Waals surface area contributed by atoms with Gasteiger partial charge >= 0.3 is 0 Å². The zero-order chi connectivity index (χ0) is 42.2. The molecule has 0 radical (unpaired) electrons. The maximum Gasteiger partial charge on any atom is 0.253 e. The summed E-state index contributed by atoms with van der Waals surface area (Å²) in [5.74, 6) is 7.66. The molecule has 2 aliphatic rings. The maximum atomic E-state index is 14.4. The number of amidine groups is 1. The number of aromatic nitrogens is 5. The summed E-state index contributed by atoms with van der Waals surface area (Å²) in [4.78, 5) is 58.0. The molecule has 0 spiro atoms. The molecule has 59 heavy (non-hydrogen) atoms. The topological polar surface area (TPSA) is 194 Å². The first-order valence-corrected chi connectivity index (χ1v) is 20.5. The van der Waals surface area contributed by atoms with Crippen molar-refractivity contribution in [1.82, 2.24) is 34.5 Å². The average Bonchev–Trinajstić information content (AvgIpc) is 3.63. The minimum atomic E-state index is -0.927. The standard InChI is InChI=1S/C44H57N11O4/c1-27-13-18-34-29(23-27)25-33(40(58)47-34)38(53-21-19-52(20-22-53)30-14-16-32(56)17-15-30)39(50-45)54(31-11-9-8-10-12-31)44(6,7)35-26-36(48-41(59)43(3,4)5)55(51-35)42-46-28(2)24-37(57)49-42/h13-18,23-26,31,38,56H,8-12,19-22,45H2,1-7H3,(H,47,58)(H,48,59)(H,46,49,57)/b50-39-. The van der Waals surface area contributed by atoms with Crippen LogP contribution in [0.25, 0.3) is 16.9 Å². The molecule has 1 saturated carbocycles. The Morgan fingerprint density at radius 3 is 2.27 bits per heavy atom. The Bertz CT molecular complexity index is 2460. The largest absolute Gasteiger partial charge is 0.508 e. The lowest BCUT2D eigenvalue weighted by molar-refractivity contribution is -0.123. The van der Waals surface area contributed by atoms with Gasteiger partial charge in [0.05, 0.1) is 11.2 Å². The number of aromatic hydroxyl groups is 1. The summed E-state index contributed by atoms with van der Waals surface area (Å²) in [5.41, 5.74) is 2.21. The number of nitrogens with one attached hydrogen (secondary N) is 3. The number of carbonyl (C=O) groups excluding carboxylic acids is 1. The zero-order valence-electron chi connectivity index (χ0n) is 35.2. The lowest BCUT2D eigenvalue weighted by Gasteiger charge is -2.50. The second-order valence-electron chi connectivity index (χ2n) is 17.5. The van der Waals surface area contributed by atoms with E-state index < -0.39 is 17.0 Å². The normalized spacial score (nSPS) is 16.7. The van der Waals surface area contributed by atoms with Crippen LogP contribution in [-0.2, 0) is 10.3 Å². The van der Waals surface area contributed by atoms with E-state index in [0.717, 1.165) is 54.3 Å². The van der Waals surface area contributed by atoms with Crippen LogP contribution < -0.4 is 27.2 Å². The minimum Gasteiger partial charge on any atom is -0.508 e. The average molecular weight is 804 g/mol. The van der Waals surface area contributed by atoms with E-state index in [-0.39, 0.29) is 34.8 Å². The number of pyridine rings is 1. The van der Waals surface area contributed by atoms with Gasteiger partial charge in [-0.25, -0.2) is 4.98 Å². The summed E-state index contributed by atoms with van der Waals surface area (Å²) in [6.07, 6.45) is 4.87. The first-order valence-electron chi connectivity index (χ1n) is 20.5. The Hall–Kier alpha value is -5.96. The van der Waals surface area contributed by atoms with E-state index in [1.54, 1.807) is 19.1 Å². The van der Waals surface area contributed by atoms with E-state index >= 15 is 0 Å². The molecule has 15 nitrogen and oxygen atoms in total. The van der Waals surface area contributed by atoms with Gasteiger partial charge in [-0.05, 0) is 88.4 Å². The summed E-state index contributed by atoms with van der Waals surface area (Å²) in [5, 5.41) is 23.7. The van der Waals surface area contributed by atoms with Crippen LogP contribution in [0.15, 0.2) is 75.4 Å². The molecule has 15 heteroatoms. The molecule has 4 heterocycles. The number of aryl methyl sites for hydroxylation is 2. The summed E-state index contributed by atoms with van der Waals surface area (Å²) in [6, 6.07) is 17.7. The molecule has 7 rings (SSSR count). The van der Waals surface area contributed by atoms with E-state index in [0.29, 0.717) is 54.8 Å². The molecule has 1 unspecified atom stereocenters. The molecule has 0 bridgehead atoms. The summed E-state index contributed by atoms with van der Waals surface area (Å²) < 4.78 is 1.48. The highest BCUT2D eigenvalue weighted by molar-refractivity contribution is 5.94. The number of nitrogens with two attached hydrogens (primary N) is 1. The number of piperazine rings is 1. The van der Waals surface area contributed by atoms with Crippen LogP contribution >= 0.6 is 0 Å². The van der Waals surface area contributed by atoms with Crippen molar-refractivity contribution in [2.45, 2.75) is 98.2 Å². The lowest BCUT2D eigenvalue weighted by Crippen LogP contribution is -2.59. The smallest absolute Gasteiger partial charge is 0.253 e. The molecule has 2 fully saturated rings. The van der Waals surface area contributed by atoms with E-state index in [1.165, 1.54) is 10.7 Å². The third kappa shape index (κ3) is 8.61. The van der Waals surface area contributed by atoms with Gasteiger partial charge < -0.3 is 31.0 Å². The van der Waals surface area contributed by atoms with Crippen LogP contribution in [-0.4, -0.2) is 83.6 Å². The number of amides is 1. The third-order valence-corrected chi connectivity index (χ3v) is 11.7. The molecule has 1 atom stereocenters. The predicted molar refractivity (Wildman–Crippen MR) is 232 cm³/mol. The number of phenolic OH excluding ortho intramolecular Hbond substituents is 1. The molecule has 1 saturated heterocycles. The van der Waals surface area contributed by atoms with Gasteiger partial charge in [0.1, 0.15) is 23.4 Å². The molecular formula is C44H57N11O4. The van der Waals surface area contributed by atoms with Crippen molar-refractivity contribution in [1.29, 1.82) is 0 Å². The molecular weight excluding hydrogens is 747 g/mol. The number of aromatic amines is 2. The van der Waals surface area contributed by atoms with Gasteiger partial charge in [0, 0.05) is 72.2 Å². The number of carbonyl (C=O) groups is 1. The highest BCUT2D eigenvalue weighted by atomic mass is 16.3. The minimum absolute atomic E-state index is 0.0155. The Balaban J connectivity index is 1.38. The third-order valence-electron chi connectivity index (χ3n) is 11.7. The van der Waals surface area contributed by atoms with Crippen molar-refractivity contribution in [3.8, 4) is 11.7 Å². The highest BCUT2D eigenvalue weighted by Crippen LogP contribution is 2.40. The molecule has 1 aliphatic carbocycles. The van der Waals surface area contributed by atoms with Crippen molar-refractivity contribution < 1.29 is 9.90 Å². The van der Waals surface area contributed by atoms with E-state index in [4.69, 9.17) is 10.9 Å². The van der Waals surface area contributed by atoms with Gasteiger partial charge in [-0.3, -0.25) is 24.3 Å². The second-order valence-corrected chi connectivity index (χ2v) is 17.5. The molecule has 5 aromatic rings. The molecule has 6 N–H and O–H groups in total. The summed E-state index contributed by atoms with van der Waals surface area (Å²) >= 11 is 0. The number of hydrazone groups is 1. The van der Waals surface area contributed by atoms with Gasteiger partial charge in [0.2, 0.25) is 11.9 Å². The van der Waals surface area contributed by atoms with E-state index in [1.807, 2.05) is 64.1 Å². The number of hydrogen-bond acceptors (Lipinski definition) is 10. The van der Waals surface area contributed by atoms with Gasteiger partial charge in [0.25, 0.3) is 11.1 Å². The quantitative estimate of drug-likeness (QED) is 0.0526. The van der Waals surface area contributed by atoms with Crippen LogP contribution in [0.4, 0.5) is 11.5 Å². The molecule has 1 aliphatic heterocycles. The Kier molecular flexibility index (Phi) is 11.4. The number of phenols is 1. The number of benzene rings is 2. The fourth-order valence-electron chi connectivity index (χ4n) is 8.50. The van der Waals surface area contributed by atoms with Gasteiger partial charge in [0.15, 0.2) is 0 Å². The Labute approximate surface area is 344 Å². The van der Waals surface area contributed by atoms with E-state index in [2.05, 4.69) is 60.0 Å². The molecule has 3 aromatic heterocycles. The van der Waals surface area contributed by atoms with Gasteiger partial charge in [-0.2, -0.15) is 14.9 Å². The Morgan fingerprint density at radius 2 is 1.63 bits per heavy atom. The van der Waals surface area contributed by atoms with Crippen LogP contribution in [0.5, 0.6) is 5.75 Å². The maximum absolute atomic E-state index is 14.4. The predicted octanol–water partition coefficient (Wildman–Crippen LogP) is 5.81. The second kappa shape index (κ2) is 16.4. The van der Waals surface area contributed by atoms with Crippen LogP contribution in [0.1, 0.15) is 95.3 Å². The van der Waals surface area contributed by atoms with Gasteiger partial charge in [-0.1, -0.05) is 51.7 Å².